The lowest BCUT2D eigenvalue weighted by atomic mass is 10.1. The number of carbonyl (C=O) groups excluding carboxylic acids is 1. The largest absolute Gasteiger partial charge is 0.349 e. The Kier molecular flexibility index (Phi) is 3.85. The molecule has 0 aliphatic carbocycles. The molecule has 1 atom stereocenters. The molecule has 0 saturated carbocycles. The van der Waals surface area contributed by atoms with Gasteiger partial charge in [-0.25, -0.2) is 4.98 Å². The van der Waals surface area contributed by atoms with Gasteiger partial charge in [-0.2, -0.15) is 0 Å². The Balaban J connectivity index is 1.89. The van der Waals surface area contributed by atoms with E-state index in [9.17, 15) is 4.79 Å². The topological polar surface area (TPSA) is 68.0 Å². The van der Waals surface area contributed by atoms with Crippen LogP contribution in [0.5, 0.6) is 0 Å². The van der Waals surface area contributed by atoms with Gasteiger partial charge in [0.1, 0.15) is 5.69 Å². The molecule has 1 aromatic carbocycles. The van der Waals surface area contributed by atoms with Gasteiger partial charge >= 0.3 is 0 Å². The van der Waals surface area contributed by atoms with E-state index in [1.54, 1.807) is 10.9 Å². The third kappa shape index (κ3) is 3.12. The molecule has 0 aliphatic heterocycles. The number of hydrogen-bond acceptors (Lipinski definition) is 4. The van der Waals surface area contributed by atoms with Crippen molar-refractivity contribution >= 4 is 17.2 Å². The average molecular weight is 247 g/mol. The van der Waals surface area contributed by atoms with Crippen LogP contribution in [0.3, 0.4) is 0 Å². The summed E-state index contributed by atoms with van der Waals surface area (Å²) >= 11 is 1.40. The molecule has 0 spiro atoms. The highest BCUT2D eigenvalue weighted by Crippen LogP contribution is 2.08. The molecule has 5 heteroatoms. The SMILES string of the molecule is NC(CNC(=O)c1cscn1)c1ccccc1. The first-order valence-electron chi connectivity index (χ1n) is 5.24. The summed E-state index contributed by atoms with van der Waals surface area (Å²) < 4.78 is 0. The predicted octanol–water partition coefficient (Wildman–Crippen LogP) is 1.57. The lowest BCUT2D eigenvalue weighted by molar-refractivity contribution is 0.0947. The highest BCUT2D eigenvalue weighted by molar-refractivity contribution is 7.07. The number of amides is 1. The number of carbonyl (C=O) groups is 1. The summed E-state index contributed by atoms with van der Waals surface area (Å²) in [6.07, 6.45) is 0. The summed E-state index contributed by atoms with van der Waals surface area (Å²) in [4.78, 5) is 15.6. The van der Waals surface area contributed by atoms with Gasteiger partial charge in [-0.1, -0.05) is 30.3 Å². The molecule has 2 rings (SSSR count). The minimum atomic E-state index is -0.196. The number of rotatable bonds is 4. The fourth-order valence-corrected chi connectivity index (χ4v) is 1.97. The first-order valence-corrected chi connectivity index (χ1v) is 6.18. The Hall–Kier alpha value is -1.72. The zero-order valence-electron chi connectivity index (χ0n) is 9.17. The number of nitrogens with two attached hydrogens (primary N) is 1. The molecule has 17 heavy (non-hydrogen) atoms. The molecule has 2 aromatic rings. The molecule has 88 valence electrons. The van der Waals surface area contributed by atoms with Crippen LogP contribution in [0.15, 0.2) is 41.2 Å². The lowest BCUT2D eigenvalue weighted by Crippen LogP contribution is -2.32. The van der Waals surface area contributed by atoms with E-state index in [2.05, 4.69) is 10.3 Å². The van der Waals surface area contributed by atoms with E-state index in [0.29, 0.717) is 12.2 Å². The third-order valence-electron chi connectivity index (χ3n) is 2.38. The van der Waals surface area contributed by atoms with Gasteiger partial charge in [0.05, 0.1) is 5.51 Å². The van der Waals surface area contributed by atoms with Crippen LogP contribution in [0, 0.1) is 0 Å². The van der Waals surface area contributed by atoms with Crippen molar-refractivity contribution in [2.75, 3.05) is 6.54 Å². The molecular weight excluding hydrogens is 234 g/mol. The molecule has 4 nitrogen and oxygen atoms in total. The highest BCUT2D eigenvalue weighted by atomic mass is 32.1. The number of benzene rings is 1. The van der Waals surface area contributed by atoms with Gasteiger partial charge in [0, 0.05) is 18.0 Å². The number of thiazole rings is 1. The summed E-state index contributed by atoms with van der Waals surface area (Å²) in [5.74, 6) is -0.183. The van der Waals surface area contributed by atoms with Crippen LogP contribution in [-0.4, -0.2) is 17.4 Å². The molecular formula is C12H13N3OS. The monoisotopic (exact) mass is 247 g/mol. The van der Waals surface area contributed by atoms with Gasteiger partial charge in [0.25, 0.3) is 5.91 Å². The van der Waals surface area contributed by atoms with E-state index in [1.807, 2.05) is 30.3 Å². The number of hydrogen-bond donors (Lipinski definition) is 2. The Morgan fingerprint density at radius 1 is 1.41 bits per heavy atom. The number of nitrogens with one attached hydrogen (secondary N) is 1. The molecule has 1 heterocycles. The Labute approximate surface area is 103 Å². The van der Waals surface area contributed by atoms with Gasteiger partial charge in [0.15, 0.2) is 0 Å². The van der Waals surface area contributed by atoms with Gasteiger partial charge < -0.3 is 11.1 Å². The van der Waals surface area contributed by atoms with E-state index in [-0.39, 0.29) is 11.9 Å². The average Bonchev–Trinajstić information content (AvgIpc) is 2.90. The maximum absolute atomic E-state index is 11.6. The lowest BCUT2D eigenvalue weighted by Gasteiger charge is -2.12. The summed E-state index contributed by atoms with van der Waals surface area (Å²) in [7, 11) is 0. The molecule has 0 bridgehead atoms. The number of nitrogens with zero attached hydrogens (tertiary/aromatic N) is 1. The Morgan fingerprint density at radius 2 is 2.18 bits per heavy atom. The maximum Gasteiger partial charge on any atom is 0.270 e. The van der Waals surface area contributed by atoms with Gasteiger partial charge in [-0.3, -0.25) is 4.79 Å². The summed E-state index contributed by atoms with van der Waals surface area (Å²) in [5.41, 5.74) is 9.04. The van der Waals surface area contributed by atoms with Crippen LogP contribution < -0.4 is 11.1 Å². The second kappa shape index (κ2) is 5.56. The van der Waals surface area contributed by atoms with E-state index in [0.717, 1.165) is 5.56 Å². The zero-order chi connectivity index (χ0) is 12.1. The van der Waals surface area contributed by atoms with Crippen LogP contribution in [-0.2, 0) is 0 Å². The summed E-state index contributed by atoms with van der Waals surface area (Å²) in [6.45, 7) is 0.403. The fourth-order valence-electron chi connectivity index (χ4n) is 1.44. The van der Waals surface area contributed by atoms with Crippen molar-refractivity contribution in [2.45, 2.75) is 6.04 Å². The highest BCUT2D eigenvalue weighted by Gasteiger charge is 2.10. The molecule has 0 aliphatic rings. The van der Waals surface area contributed by atoms with E-state index in [1.165, 1.54) is 11.3 Å². The second-order valence-electron chi connectivity index (χ2n) is 3.60. The van der Waals surface area contributed by atoms with Crippen LogP contribution >= 0.6 is 11.3 Å². The predicted molar refractivity (Wildman–Crippen MR) is 67.8 cm³/mol. The Bertz CT molecular complexity index is 470. The molecule has 3 N–H and O–H groups in total. The van der Waals surface area contributed by atoms with E-state index >= 15 is 0 Å². The van der Waals surface area contributed by atoms with Crippen molar-refractivity contribution in [3.63, 3.8) is 0 Å². The Morgan fingerprint density at radius 3 is 2.82 bits per heavy atom. The quantitative estimate of drug-likeness (QED) is 0.861. The van der Waals surface area contributed by atoms with Crippen molar-refractivity contribution in [3.8, 4) is 0 Å². The fraction of sp³-hybridized carbons (Fsp3) is 0.167. The first kappa shape index (κ1) is 11.8. The van der Waals surface area contributed by atoms with Gasteiger partial charge in [-0.05, 0) is 5.56 Å². The summed E-state index contributed by atoms with van der Waals surface area (Å²) in [5, 5.41) is 4.48. The van der Waals surface area contributed by atoms with E-state index in [4.69, 9.17) is 5.73 Å². The first-order chi connectivity index (χ1) is 8.27. The van der Waals surface area contributed by atoms with Crippen molar-refractivity contribution in [2.24, 2.45) is 5.73 Å². The van der Waals surface area contributed by atoms with Crippen molar-refractivity contribution in [1.82, 2.24) is 10.3 Å². The third-order valence-corrected chi connectivity index (χ3v) is 2.96. The molecule has 1 aromatic heterocycles. The molecule has 1 amide bonds. The summed E-state index contributed by atoms with van der Waals surface area (Å²) in [6, 6.07) is 9.48. The van der Waals surface area contributed by atoms with Crippen molar-refractivity contribution in [1.29, 1.82) is 0 Å². The van der Waals surface area contributed by atoms with Crippen LogP contribution in [0.1, 0.15) is 22.1 Å². The molecule has 0 saturated heterocycles. The molecule has 1 unspecified atom stereocenters. The van der Waals surface area contributed by atoms with Gasteiger partial charge in [0.2, 0.25) is 0 Å². The normalized spacial score (nSPS) is 12.1. The zero-order valence-corrected chi connectivity index (χ0v) is 9.98. The van der Waals surface area contributed by atoms with E-state index < -0.39 is 0 Å². The van der Waals surface area contributed by atoms with Crippen LogP contribution in [0.4, 0.5) is 0 Å². The maximum atomic E-state index is 11.6. The minimum Gasteiger partial charge on any atom is -0.349 e. The van der Waals surface area contributed by atoms with Gasteiger partial charge in [-0.15, -0.1) is 11.3 Å². The molecule has 0 fully saturated rings. The minimum absolute atomic E-state index is 0.183. The van der Waals surface area contributed by atoms with Crippen LogP contribution in [0.25, 0.3) is 0 Å². The number of aromatic nitrogens is 1. The van der Waals surface area contributed by atoms with Crippen LogP contribution in [0.2, 0.25) is 0 Å². The molecule has 0 radical (unpaired) electrons. The van der Waals surface area contributed by atoms with Crippen molar-refractivity contribution < 1.29 is 4.79 Å². The standard InChI is InChI=1S/C12H13N3OS/c13-10(9-4-2-1-3-5-9)6-14-12(16)11-7-17-8-15-11/h1-5,7-8,10H,6,13H2,(H,14,16). The smallest absolute Gasteiger partial charge is 0.270 e. The van der Waals surface area contributed by atoms with Crippen molar-refractivity contribution in [3.05, 3.63) is 52.5 Å². The second-order valence-corrected chi connectivity index (χ2v) is 4.32.